The predicted molar refractivity (Wildman–Crippen MR) is 31.8 cm³/mol. The van der Waals surface area contributed by atoms with Crippen LogP contribution in [0.5, 0.6) is 0 Å². The molecule has 2 bridgehead atoms. The van der Waals surface area contributed by atoms with Crippen molar-refractivity contribution in [2.75, 3.05) is 6.61 Å². The summed E-state index contributed by atoms with van der Waals surface area (Å²) >= 11 is 0. The second kappa shape index (κ2) is 1.94. The minimum atomic E-state index is -0.0938. The van der Waals surface area contributed by atoms with Gasteiger partial charge in [-0.05, 0) is 12.8 Å². The summed E-state index contributed by atoms with van der Waals surface area (Å²) in [5.74, 6) is 0. The first kappa shape index (κ1) is 5.65. The normalized spacial score (nSPS) is 49.7. The highest BCUT2D eigenvalue weighted by molar-refractivity contribution is 4.80. The van der Waals surface area contributed by atoms with E-state index in [1.165, 1.54) is 0 Å². The maximum absolute atomic E-state index is 5.67. The summed E-state index contributed by atoms with van der Waals surface area (Å²) in [6, 6.07) is 0.115. The molecule has 2 aliphatic heterocycles. The van der Waals surface area contributed by atoms with E-state index in [2.05, 4.69) is 0 Å². The molecule has 0 aromatic rings. The summed E-state index contributed by atoms with van der Waals surface area (Å²) in [6.07, 6.45) is 2.37. The van der Waals surface area contributed by atoms with Gasteiger partial charge in [0.15, 0.2) is 6.29 Å². The monoisotopic (exact) mass is 129 g/mol. The number of fused-ring (bicyclic) bond motifs is 2. The Hall–Kier alpha value is -0.120. The highest BCUT2D eigenvalue weighted by atomic mass is 16.7. The van der Waals surface area contributed by atoms with Crippen LogP contribution in [0.4, 0.5) is 0 Å². The molecule has 2 rings (SSSR count). The lowest BCUT2D eigenvalue weighted by atomic mass is 10.1. The molecule has 3 heteroatoms. The van der Waals surface area contributed by atoms with Gasteiger partial charge in [-0.15, -0.1) is 0 Å². The van der Waals surface area contributed by atoms with Crippen molar-refractivity contribution in [2.24, 2.45) is 5.73 Å². The maximum atomic E-state index is 5.67. The van der Waals surface area contributed by atoms with Crippen LogP contribution in [0.2, 0.25) is 0 Å². The molecule has 2 fully saturated rings. The van der Waals surface area contributed by atoms with Crippen LogP contribution in [0.1, 0.15) is 12.8 Å². The summed E-state index contributed by atoms with van der Waals surface area (Å²) in [6.45, 7) is 0.748. The first-order chi connectivity index (χ1) is 4.36. The molecular weight excluding hydrogens is 118 g/mol. The SMILES string of the molecule is N[C@@H]1CC[C@H]2CO[C@@H]1O2. The van der Waals surface area contributed by atoms with Crippen molar-refractivity contribution in [1.82, 2.24) is 0 Å². The molecule has 52 valence electrons. The Morgan fingerprint density at radius 2 is 2.22 bits per heavy atom. The van der Waals surface area contributed by atoms with Gasteiger partial charge in [0.1, 0.15) is 0 Å². The number of hydrogen-bond donors (Lipinski definition) is 1. The average molecular weight is 129 g/mol. The van der Waals surface area contributed by atoms with E-state index in [4.69, 9.17) is 15.2 Å². The zero-order valence-corrected chi connectivity index (χ0v) is 5.25. The van der Waals surface area contributed by atoms with Gasteiger partial charge in [-0.3, -0.25) is 0 Å². The number of nitrogens with two attached hydrogens (primary N) is 1. The van der Waals surface area contributed by atoms with Gasteiger partial charge in [0.2, 0.25) is 0 Å². The predicted octanol–water partition coefficient (Wildman–Crippen LogP) is -0.151. The Balaban J connectivity index is 2.05. The van der Waals surface area contributed by atoms with E-state index in [1.807, 2.05) is 0 Å². The topological polar surface area (TPSA) is 44.5 Å². The maximum Gasteiger partial charge on any atom is 0.173 e. The lowest BCUT2D eigenvalue weighted by Crippen LogP contribution is -2.39. The van der Waals surface area contributed by atoms with Crippen LogP contribution >= 0.6 is 0 Å². The molecule has 3 nitrogen and oxygen atoms in total. The van der Waals surface area contributed by atoms with Crippen molar-refractivity contribution in [3.05, 3.63) is 0 Å². The van der Waals surface area contributed by atoms with E-state index in [-0.39, 0.29) is 12.3 Å². The molecule has 0 spiro atoms. The third-order valence-electron chi connectivity index (χ3n) is 1.94. The quantitative estimate of drug-likeness (QED) is 0.494. The van der Waals surface area contributed by atoms with Gasteiger partial charge in [0, 0.05) is 0 Å². The van der Waals surface area contributed by atoms with Gasteiger partial charge in [-0.1, -0.05) is 0 Å². The Morgan fingerprint density at radius 3 is 3.00 bits per heavy atom. The Bertz CT molecular complexity index is 118. The van der Waals surface area contributed by atoms with Gasteiger partial charge in [0.05, 0.1) is 18.8 Å². The van der Waals surface area contributed by atoms with Crippen LogP contribution < -0.4 is 5.73 Å². The fourth-order valence-corrected chi connectivity index (χ4v) is 1.36. The van der Waals surface area contributed by atoms with Crippen molar-refractivity contribution in [1.29, 1.82) is 0 Å². The molecule has 0 radical (unpaired) electrons. The first-order valence-electron chi connectivity index (χ1n) is 3.39. The Labute approximate surface area is 54.1 Å². The summed E-state index contributed by atoms with van der Waals surface area (Å²) in [7, 11) is 0. The molecule has 2 saturated heterocycles. The number of rotatable bonds is 0. The first-order valence-corrected chi connectivity index (χ1v) is 3.39. The average Bonchev–Trinajstić information content (AvgIpc) is 2.25. The van der Waals surface area contributed by atoms with Crippen LogP contribution in [0, 0.1) is 0 Å². The summed E-state index contributed by atoms with van der Waals surface area (Å²) in [4.78, 5) is 0. The van der Waals surface area contributed by atoms with Crippen molar-refractivity contribution in [3.63, 3.8) is 0 Å². The lowest BCUT2D eigenvalue weighted by molar-refractivity contribution is -0.0942. The molecule has 0 saturated carbocycles. The highest BCUT2D eigenvalue weighted by Gasteiger charge is 2.35. The van der Waals surface area contributed by atoms with Crippen LogP contribution in [0.3, 0.4) is 0 Å². The molecule has 0 aromatic heterocycles. The molecule has 0 aromatic carbocycles. The van der Waals surface area contributed by atoms with Gasteiger partial charge in [0.25, 0.3) is 0 Å². The van der Waals surface area contributed by atoms with Crippen molar-refractivity contribution >= 4 is 0 Å². The molecule has 0 unspecified atom stereocenters. The fourth-order valence-electron chi connectivity index (χ4n) is 1.36. The molecule has 2 heterocycles. The van der Waals surface area contributed by atoms with E-state index in [9.17, 15) is 0 Å². The van der Waals surface area contributed by atoms with Gasteiger partial charge >= 0.3 is 0 Å². The minimum absolute atomic E-state index is 0.0938. The number of hydrogen-bond acceptors (Lipinski definition) is 3. The fraction of sp³-hybridized carbons (Fsp3) is 1.00. The zero-order valence-electron chi connectivity index (χ0n) is 5.25. The molecule has 3 atom stereocenters. The summed E-state index contributed by atoms with van der Waals surface area (Å²) in [5, 5.41) is 0. The van der Waals surface area contributed by atoms with E-state index >= 15 is 0 Å². The molecule has 9 heavy (non-hydrogen) atoms. The minimum Gasteiger partial charge on any atom is -0.348 e. The highest BCUT2D eigenvalue weighted by Crippen LogP contribution is 2.25. The second-order valence-electron chi connectivity index (χ2n) is 2.70. The number of ether oxygens (including phenoxy) is 2. The van der Waals surface area contributed by atoms with E-state index in [0.29, 0.717) is 6.10 Å². The Morgan fingerprint density at radius 1 is 1.33 bits per heavy atom. The van der Waals surface area contributed by atoms with Crippen molar-refractivity contribution in [2.45, 2.75) is 31.3 Å². The Kier molecular flexibility index (Phi) is 1.22. The summed E-state index contributed by atoms with van der Waals surface area (Å²) < 4.78 is 10.6. The van der Waals surface area contributed by atoms with Gasteiger partial charge in [-0.2, -0.15) is 0 Å². The lowest BCUT2D eigenvalue weighted by Gasteiger charge is -2.23. The van der Waals surface area contributed by atoms with E-state index in [1.54, 1.807) is 0 Å². The van der Waals surface area contributed by atoms with Gasteiger partial charge in [-0.25, -0.2) is 0 Å². The molecule has 0 amide bonds. The largest absolute Gasteiger partial charge is 0.348 e. The third-order valence-corrected chi connectivity index (χ3v) is 1.94. The second-order valence-corrected chi connectivity index (χ2v) is 2.70. The molecular formula is C6H11NO2. The zero-order chi connectivity index (χ0) is 6.27. The van der Waals surface area contributed by atoms with Crippen LogP contribution in [-0.4, -0.2) is 25.0 Å². The summed E-state index contributed by atoms with van der Waals surface area (Å²) in [5.41, 5.74) is 5.67. The molecule has 2 aliphatic rings. The van der Waals surface area contributed by atoms with Crippen molar-refractivity contribution < 1.29 is 9.47 Å². The third kappa shape index (κ3) is 0.852. The van der Waals surface area contributed by atoms with E-state index in [0.717, 1.165) is 19.4 Å². The van der Waals surface area contributed by atoms with Crippen molar-refractivity contribution in [3.8, 4) is 0 Å². The smallest absolute Gasteiger partial charge is 0.173 e. The van der Waals surface area contributed by atoms with Crippen LogP contribution in [0.25, 0.3) is 0 Å². The molecule has 2 N–H and O–H groups in total. The standard InChI is InChI=1S/C6H11NO2/c7-5-2-1-4-3-8-6(5)9-4/h4-6H,1-3,7H2/t4-,5+,6+/m0/s1. The van der Waals surface area contributed by atoms with Crippen LogP contribution in [-0.2, 0) is 9.47 Å². The van der Waals surface area contributed by atoms with Crippen LogP contribution in [0.15, 0.2) is 0 Å². The van der Waals surface area contributed by atoms with E-state index < -0.39 is 0 Å². The molecule has 0 aliphatic carbocycles. The van der Waals surface area contributed by atoms with Gasteiger partial charge < -0.3 is 15.2 Å².